The smallest absolute Gasteiger partial charge is 0.417 e. The van der Waals surface area contributed by atoms with Gasteiger partial charge in [0.1, 0.15) is 0 Å². The number of aromatic nitrogens is 1. The van der Waals surface area contributed by atoms with Crippen LogP contribution in [0.1, 0.15) is 21.8 Å². The maximum Gasteiger partial charge on any atom is 0.417 e. The summed E-state index contributed by atoms with van der Waals surface area (Å²) in [6.07, 6.45) is -2.23. The highest BCUT2D eigenvalue weighted by Crippen LogP contribution is 2.31. The topological polar surface area (TPSA) is 49.6 Å². The fraction of sp³-hybridized carbons (Fsp3) is 0.375. The van der Waals surface area contributed by atoms with Crippen molar-refractivity contribution in [1.29, 1.82) is 0 Å². The van der Waals surface area contributed by atoms with Crippen molar-refractivity contribution in [2.24, 2.45) is 0 Å². The normalized spacial score (nSPS) is 16.2. The Morgan fingerprint density at radius 3 is 2.56 bits per heavy atom. The van der Waals surface area contributed by atoms with E-state index in [0.717, 1.165) is 12.3 Å². The number of nitrogens with zero attached hydrogens (tertiary/aromatic N) is 3. The molecule has 0 N–H and O–H groups in total. The Hall–Kier alpha value is -2.06. The van der Waals surface area contributed by atoms with E-state index in [2.05, 4.69) is 4.98 Å². The highest BCUT2D eigenvalue weighted by molar-refractivity contribution is 6.31. The van der Waals surface area contributed by atoms with Gasteiger partial charge in [0.05, 0.1) is 22.5 Å². The van der Waals surface area contributed by atoms with Gasteiger partial charge < -0.3 is 9.32 Å². The van der Waals surface area contributed by atoms with Crippen molar-refractivity contribution in [3.05, 3.63) is 52.7 Å². The zero-order valence-corrected chi connectivity index (χ0v) is 13.8. The third kappa shape index (κ3) is 4.13. The van der Waals surface area contributed by atoms with Crippen LogP contribution in [0.15, 0.2) is 35.1 Å². The molecule has 0 unspecified atom stereocenters. The summed E-state index contributed by atoms with van der Waals surface area (Å²) >= 11 is 5.94. The molecule has 0 saturated carbocycles. The molecule has 1 saturated heterocycles. The summed E-state index contributed by atoms with van der Waals surface area (Å²) in [5.41, 5.74) is -0.476. The van der Waals surface area contributed by atoms with Crippen LogP contribution in [0, 0.1) is 0 Å². The first-order valence-electron chi connectivity index (χ1n) is 7.61. The number of rotatable bonds is 3. The largest absolute Gasteiger partial charge is 0.459 e. The molecule has 134 valence electrons. The second kappa shape index (κ2) is 7.05. The summed E-state index contributed by atoms with van der Waals surface area (Å²) in [5, 5.41) is -0.0103. The van der Waals surface area contributed by atoms with Gasteiger partial charge in [-0.15, -0.1) is 0 Å². The van der Waals surface area contributed by atoms with Crippen LogP contribution in [0.3, 0.4) is 0 Å². The third-order valence-corrected chi connectivity index (χ3v) is 4.34. The summed E-state index contributed by atoms with van der Waals surface area (Å²) < 4.78 is 43.0. The molecule has 3 heterocycles. The van der Waals surface area contributed by atoms with Gasteiger partial charge in [0.25, 0.3) is 5.91 Å². The molecular weight excluding hydrogens is 359 g/mol. The van der Waals surface area contributed by atoms with E-state index in [-0.39, 0.29) is 10.9 Å². The molecule has 2 aromatic rings. The van der Waals surface area contributed by atoms with Crippen molar-refractivity contribution in [3.63, 3.8) is 0 Å². The zero-order chi connectivity index (χ0) is 18.0. The molecule has 1 aliphatic heterocycles. The summed E-state index contributed by atoms with van der Waals surface area (Å²) in [6, 6.07) is 4.16. The standard InChI is InChI=1S/C16H15ClF3N3O2/c17-12-8-11(16(18,19)20)9-21-13(12)10-22-3-5-23(6-4-22)15(24)14-2-1-7-25-14/h1-2,7-9H,3-6,10H2. The Morgan fingerprint density at radius 1 is 1.28 bits per heavy atom. The number of pyridine rings is 1. The van der Waals surface area contributed by atoms with Gasteiger partial charge in [-0.1, -0.05) is 11.6 Å². The molecule has 0 spiro atoms. The van der Waals surface area contributed by atoms with E-state index >= 15 is 0 Å². The van der Waals surface area contributed by atoms with Gasteiger partial charge in [-0.3, -0.25) is 14.7 Å². The van der Waals surface area contributed by atoms with Crippen LogP contribution >= 0.6 is 11.6 Å². The summed E-state index contributed by atoms with van der Waals surface area (Å²) in [5.74, 6) is 0.122. The third-order valence-electron chi connectivity index (χ3n) is 4.01. The minimum Gasteiger partial charge on any atom is -0.459 e. The van der Waals surface area contributed by atoms with Crippen LogP contribution < -0.4 is 0 Å². The van der Waals surface area contributed by atoms with E-state index in [9.17, 15) is 18.0 Å². The Bertz CT molecular complexity index is 742. The fourth-order valence-corrected chi connectivity index (χ4v) is 2.84. The van der Waals surface area contributed by atoms with Crippen LogP contribution in [0.2, 0.25) is 5.02 Å². The lowest BCUT2D eigenvalue weighted by molar-refractivity contribution is -0.137. The number of hydrogen-bond acceptors (Lipinski definition) is 4. The van der Waals surface area contributed by atoms with Crippen LogP contribution in [0.25, 0.3) is 0 Å². The quantitative estimate of drug-likeness (QED) is 0.828. The molecule has 1 fully saturated rings. The first-order valence-corrected chi connectivity index (χ1v) is 7.99. The first kappa shape index (κ1) is 17.8. The van der Waals surface area contributed by atoms with Crippen LogP contribution in [-0.4, -0.2) is 46.9 Å². The maximum absolute atomic E-state index is 12.6. The van der Waals surface area contributed by atoms with Gasteiger partial charge in [0.2, 0.25) is 0 Å². The molecule has 25 heavy (non-hydrogen) atoms. The van der Waals surface area contributed by atoms with Gasteiger partial charge in [0, 0.05) is 38.9 Å². The second-order valence-electron chi connectivity index (χ2n) is 5.70. The van der Waals surface area contributed by atoms with Crippen molar-refractivity contribution in [2.45, 2.75) is 12.7 Å². The Balaban J connectivity index is 1.58. The van der Waals surface area contributed by atoms with Gasteiger partial charge in [-0.2, -0.15) is 13.2 Å². The van der Waals surface area contributed by atoms with E-state index in [1.54, 1.807) is 17.0 Å². The summed E-state index contributed by atoms with van der Waals surface area (Å²) in [7, 11) is 0. The Labute approximate surface area is 147 Å². The molecule has 9 heteroatoms. The Morgan fingerprint density at radius 2 is 2.00 bits per heavy atom. The van der Waals surface area contributed by atoms with Gasteiger partial charge >= 0.3 is 6.18 Å². The summed E-state index contributed by atoms with van der Waals surface area (Å²) in [6.45, 7) is 2.48. The number of amides is 1. The SMILES string of the molecule is O=C(c1ccco1)N1CCN(Cc2ncc(C(F)(F)F)cc2Cl)CC1. The van der Waals surface area contributed by atoms with Crippen molar-refractivity contribution >= 4 is 17.5 Å². The van der Waals surface area contributed by atoms with Gasteiger partial charge in [-0.05, 0) is 18.2 Å². The predicted molar refractivity (Wildman–Crippen MR) is 84.1 cm³/mol. The first-order chi connectivity index (χ1) is 11.8. The minimum atomic E-state index is -4.47. The molecule has 1 amide bonds. The minimum absolute atomic E-state index is 0.0103. The number of halogens is 4. The highest BCUT2D eigenvalue weighted by atomic mass is 35.5. The van der Waals surface area contributed by atoms with E-state index in [1.165, 1.54) is 6.26 Å². The highest BCUT2D eigenvalue weighted by Gasteiger charge is 2.32. The molecule has 2 aromatic heterocycles. The average molecular weight is 374 g/mol. The second-order valence-corrected chi connectivity index (χ2v) is 6.10. The van der Waals surface area contributed by atoms with Crippen molar-refractivity contribution in [2.75, 3.05) is 26.2 Å². The molecule has 0 bridgehead atoms. The van der Waals surface area contributed by atoms with E-state index in [0.29, 0.717) is 44.2 Å². The monoisotopic (exact) mass is 373 g/mol. The molecule has 3 rings (SSSR count). The number of alkyl halides is 3. The van der Waals surface area contributed by atoms with Gasteiger partial charge in [0.15, 0.2) is 5.76 Å². The van der Waals surface area contributed by atoms with E-state index in [4.69, 9.17) is 16.0 Å². The average Bonchev–Trinajstić information content (AvgIpc) is 3.10. The predicted octanol–water partition coefficient (Wildman–Crippen LogP) is 3.30. The van der Waals surface area contributed by atoms with Crippen molar-refractivity contribution in [3.8, 4) is 0 Å². The number of carbonyl (C=O) groups excluding carboxylic acids is 1. The lowest BCUT2D eigenvalue weighted by atomic mass is 10.2. The van der Waals surface area contributed by atoms with Crippen molar-refractivity contribution in [1.82, 2.24) is 14.8 Å². The molecule has 5 nitrogen and oxygen atoms in total. The maximum atomic E-state index is 12.6. The summed E-state index contributed by atoms with van der Waals surface area (Å²) in [4.78, 5) is 19.7. The van der Waals surface area contributed by atoms with Crippen LogP contribution in [-0.2, 0) is 12.7 Å². The molecule has 0 aromatic carbocycles. The molecule has 0 atom stereocenters. The lowest BCUT2D eigenvalue weighted by Gasteiger charge is -2.34. The van der Waals surface area contributed by atoms with Crippen LogP contribution in [0.5, 0.6) is 0 Å². The van der Waals surface area contributed by atoms with Crippen LogP contribution in [0.4, 0.5) is 13.2 Å². The number of furan rings is 1. The fourth-order valence-electron chi connectivity index (χ4n) is 2.61. The molecule has 1 aliphatic rings. The number of carbonyl (C=O) groups is 1. The number of hydrogen-bond donors (Lipinski definition) is 0. The zero-order valence-electron chi connectivity index (χ0n) is 13.1. The molecule has 0 radical (unpaired) electrons. The Kier molecular flexibility index (Phi) is 5.01. The van der Waals surface area contributed by atoms with E-state index < -0.39 is 11.7 Å². The van der Waals surface area contributed by atoms with E-state index in [1.807, 2.05) is 4.90 Å². The van der Waals surface area contributed by atoms with Crippen molar-refractivity contribution < 1.29 is 22.4 Å². The molecule has 0 aliphatic carbocycles. The number of piperazine rings is 1. The lowest BCUT2D eigenvalue weighted by Crippen LogP contribution is -2.48. The van der Waals surface area contributed by atoms with Gasteiger partial charge in [-0.25, -0.2) is 0 Å². The molecular formula is C16H15ClF3N3O2.